The van der Waals surface area contributed by atoms with Crippen LogP contribution in [0.3, 0.4) is 0 Å². The van der Waals surface area contributed by atoms with Crippen molar-refractivity contribution in [1.82, 2.24) is 4.98 Å². The van der Waals surface area contributed by atoms with Crippen LogP contribution in [0.4, 0.5) is 16.5 Å². The Labute approximate surface area is 208 Å². The molecule has 1 atom stereocenters. The minimum Gasteiger partial charge on any atom is -0.459 e. The zero-order valence-corrected chi connectivity index (χ0v) is 21.0. The average Bonchev–Trinajstić information content (AvgIpc) is 3.24. The van der Waals surface area contributed by atoms with E-state index in [1.165, 1.54) is 5.56 Å². The highest BCUT2D eigenvalue weighted by Crippen LogP contribution is 2.29. The second-order valence-corrected chi connectivity index (χ2v) is 9.08. The van der Waals surface area contributed by atoms with Gasteiger partial charge in [-0.1, -0.05) is 61.1 Å². The Bertz CT molecular complexity index is 1150. The summed E-state index contributed by atoms with van der Waals surface area (Å²) in [6, 6.07) is 15.5. The highest BCUT2D eigenvalue weighted by Gasteiger charge is 2.12. The number of carbonyl (C=O) groups excluding carboxylic acids is 2. The van der Waals surface area contributed by atoms with Crippen LogP contribution in [0.25, 0.3) is 0 Å². The summed E-state index contributed by atoms with van der Waals surface area (Å²) in [6.45, 7) is 7.38. The van der Waals surface area contributed by atoms with Crippen molar-refractivity contribution in [3.05, 3.63) is 69.7 Å². The molecule has 3 aromatic rings. The maximum absolute atomic E-state index is 12.5. The van der Waals surface area contributed by atoms with Crippen molar-refractivity contribution >= 4 is 51.7 Å². The first-order chi connectivity index (χ1) is 16.4. The van der Waals surface area contributed by atoms with Crippen LogP contribution in [0.5, 0.6) is 0 Å². The molecule has 0 saturated carbocycles. The first-order valence-corrected chi connectivity index (χ1v) is 12.3. The molecule has 0 N–H and O–H groups in total. The summed E-state index contributed by atoms with van der Waals surface area (Å²) in [7, 11) is 0. The molecule has 0 fully saturated rings. The zero-order chi connectivity index (χ0) is 24.5. The Morgan fingerprint density at radius 3 is 2.62 bits per heavy atom. The second-order valence-electron chi connectivity index (χ2n) is 7.71. The van der Waals surface area contributed by atoms with E-state index in [0.717, 1.165) is 29.0 Å². The summed E-state index contributed by atoms with van der Waals surface area (Å²) in [4.78, 5) is 29.6. The van der Waals surface area contributed by atoms with Crippen LogP contribution in [0, 0.1) is 0 Å². The molecule has 2 aromatic carbocycles. The maximum atomic E-state index is 12.5. The molecule has 3 rings (SSSR count). The number of benzene rings is 2. The highest BCUT2D eigenvalue weighted by atomic mass is 35.5. The van der Waals surface area contributed by atoms with Crippen molar-refractivity contribution in [1.29, 1.82) is 0 Å². The number of nitrogens with zero attached hydrogens (tertiary/aromatic N) is 4. The summed E-state index contributed by atoms with van der Waals surface area (Å²) >= 11 is 6.92. The molecular weight excluding hydrogens is 472 g/mol. The highest BCUT2D eigenvalue weighted by molar-refractivity contribution is 7.17. The van der Waals surface area contributed by atoms with Gasteiger partial charge in [-0.2, -0.15) is 0 Å². The summed E-state index contributed by atoms with van der Waals surface area (Å²) in [5.41, 5.74) is 3.73. The molecule has 0 aliphatic rings. The molecule has 178 valence electrons. The quantitative estimate of drug-likeness (QED) is 0.160. The van der Waals surface area contributed by atoms with E-state index in [1.54, 1.807) is 12.1 Å². The molecule has 1 unspecified atom stereocenters. The van der Waals surface area contributed by atoms with Gasteiger partial charge >= 0.3 is 5.97 Å². The van der Waals surface area contributed by atoms with Gasteiger partial charge in [-0.25, -0.2) is 4.98 Å². The van der Waals surface area contributed by atoms with Gasteiger partial charge in [0.15, 0.2) is 11.4 Å². The van der Waals surface area contributed by atoms with Crippen LogP contribution in [-0.4, -0.2) is 30.3 Å². The van der Waals surface area contributed by atoms with Crippen molar-refractivity contribution in [2.45, 2.75) is 39.7 Å². The van der Waals surface area contributed by atoms with E-state index in [1.807, 2.05) is 36.1 Å². The lowest BCUT2D eigenvalue weighted by molar-refractivity contribution is -0.143. The van der Waals surface area contributed by atoms with E-state index >= 15 is 0 Å². The van der Waals surface area contributed by atoms with Gasteiger partial charge in [-0.05, 0) is 54.7 Å². The zero-order valence-electron chi connectivity index (χ0n) is 19.4. The Morgan fingerprint density at radius 2 is 1.97 bits per heavy atom. The summed E-state index contributed by atoms with van der Waals surface area (Å²) < 4.78 is 5.53. The number of aromatic nitrogens is 1. The molecule has 0 saturated heterocycles. The van der Waals surface area contributed by atoms with Crippen molar-refractivity contribution in [3.8, 4) is 0 Å². The van der Waals surface area contributed by atoms with Crippen molar-refractivity contribution in [2.75, 3.05) is 18.0 Å². The molecule has 9 heteroatoms. The predicted molar refractivity (Wildman–Crippen MR) is 136 cm³/mol. The van der Waals surface area contributed by atoms with Gasteiger partial charge in [0.25, 0.3) is 0 Å². The minimum absolute atomic E-state index is 0.123. The number of anilines is 1. The van der Waals surface area contributed by atoms with E-state index < -0.39 is 0 Å². The molecule has 1 aromatic heterocycles. The third-order valence-corrected chi connectivity index (χ3v) is 6.67. The number of aldehydes is 1. The fraction of sp³-hybridized carbons (Fsp3) is 0.320. The van der Waals surface area contributed by atoms with Gasteiger partial charge in [0.05, 0.1) is 5.69 Å². The molecule has 34 heavy (non-hydrogen) atoms. The summed E-state index contributed by atoms with van der Waals surface area (Å²) in [6.07, 6.45) is 1.71. The number of likely N-dealkylation sites (N-methyl/N-ethyl adjacent to an activating group) is 1. The van der Waals surface area contributed by atoms with Crippen LogP contribution >= 0.6 is 22.9 Å². The topological polar surface area (TPSA) is 84.2 Å². The lowest BCUT2D eigenvalue weighted by Gasteiger charge is -2.22. The molecule has 0 radical (unpaired) electrons. The predicted octanol–water partition coefficient (Wildman–Crippen LogP) is 7.11. The molecule has 1 heterocycles. The van der Waals surface area contributed by atoms with Crippen LogP contribution < -0.4 is 4.90 Å². The van der Waals surface area contributed by atoms with E-state index in [2.05, 4.69) is 41.2 Å². The standard InChI is InChI=1S/C25H27ClN4O3S/c1-4-17(3)19-8-6-7-18(13-19)16-33-23(32)14-30(5-2)21-11-9-20(10-12-21)28-29-25-27-24(26)22(15-31)34-25/h6-13,15,17H,4-5,14,16H2,1-3H3/b29-28+. The van der Waals surface area contributed by atoms with Crippen LogP contribution in [0.15, 0.2) is 58.8 Å². The largest absolute Gasteiger partial charge is 0.459 e. The Hall–Kier alpha value is -3.10. The molecular formula is C25H27ClN4O3S. The third-order valence-electron chi connectivity index (χ3n) is 5.41. The van der Waals surface area contributed by atoms with Gasteiger partial charge in [0.2, 0.25) is 5.13 Å². The number of hydrogen-bond acceptors (Lipinski definition) is 8. The lowest BCUT2D eigenvalue weighted by Crippen LogP contribution is -2.30. The number of thiazole rings is 1. The average molecular weight is 499 g/mol. The summed E-state index contributed by atoms with van der Waals surface area (Å²) in [5, 5.41) is 8.59. The minimum atomic E-state index is -0.286. The number of halogens is 1. The first kappa shape index (κ1) is 25.5. The molecule has 7 nitrogen and oxygen atoms in total. The molecule has 0 spiro atoms. The van der Waals surface area contributed by atoms with Gasteiger partial charge in [0.1, 0.15) is 18.0 Å². The molecule has 0 bridgehead atoms. The SMILES string of the molecule is CCC(C)c1cccc(COC(=O)CN(CC)c2ccc(/N=N/c3nc(Cl)c(C=O)s3)cc2)c1. The third kappa shape index (κ3) is 6.95. The number of rotatable bonds is 11. The number of esters is 1. The first-order valence-electron chi connectivity index (χ1n) is 11.1. The monoisotopic (exact) mass is 498 g/mol. The lowest BCUT2D eigenvalue weighted by atomic mass is 9.97. The van der Waals surface area contributed by atoms with Gasteiger partial charge in [-0.15, -0.1) is 10.2 Å². The number of ether oxygens (including phenoxy) is 1. The van der Waals surface area contributed by atoms with E-state index in [-0.39, 0.29) is 24.3 Å². The van der Waals surface area contributed by atoms with Crippen molar-refractivity contribution in [2.24, 2.45) is 10.2 Å². The van der Waals surface area contributed by atoms with E-state index in [9.17, 15) is 9.59 Å². The van der Waals surface area contributed by atoms with Crippen molar-refractivity contribution < 1.29 is 14.3 Å². The van der Waals surface area contributed by atoms with E-state index in [4.69, 9.17) is 16.3 Å². The second kappa shape index (κ2) is 12.4. The van der Waals surface area contributed by atoms with Gasteiger partial charge in [-0.3, -0.25) is 9.59 Å². The van der Waals surface area contributed by atoms with E-state index in [0.29, 0.717) is 34.4 Å². The number of azo groups is 1. The van der Waals surface area contributed by atoms with Crippen LogP contribution in [-0.2, 0) is 16.1 Å². The summed E-state index contributed by atoms with van der Waals surface area (Å²) in [5.74, 6) is 0.188. The smallest absolute Gasteiger partial charge is 0.325 e. The number of hydrogen-bond donors (Lipinski definition) is 0. The molecule has 0 aliphatic heterocycles. The van der Waals surface area contributed by atoms with Crippen molar-refractivity contribution in [3.63, 3.8) is 0 Å². The van der Waals surface area contributed by atoms with Crippen LogP contribution in [0.2, 0.25) is 5.15 Å². The fourth-order valence-electron chi connectivity index (χ4n) is 3.22. The number of carbonyl (C=O) groups is 2. The molecule has 0 amide bonds. The Morgan fingerprint density at radius 1 is 1.21 bits per heavy atom. The fourth-order valence-corrected chi connectivity index (χ4v) is 4.11. The van der Waals surface area contributed by atoms with Gasteiger partial charge < -0.3 is 9.64 Å². The Balaban J connectivity index is 1.56. The molecule has 0 aliphatic carbocycles. The van der Waals surface area contributed by atoms with Crippen LogP contribution in [0.1, 0.15) is 53.9 Å². The van der Waals surface area contributed by atoms with Gasteiger partial charge in [0, 0.05) is 12.2 Å². The Kier molecular flexibility index (Phi) is 9.30. The normalized spacial score (nSPS) is 12.0. The maximum Gasteiger partial charge on any atom is 0.325 e.